The Labute approximate surface area is 93.3 Å². The molecule has 0 radical (unpaired) electrons. The Morgan fingerprint density at radius 1 is 1.50 bits per heavy atom. The van der Waals surface area contributed by atoms with Gasteiger partial charge in [0.05, 0.1) is 7.11 Å². The molecule has 0 spiro atoms. The van der Waals surface area contributed by atoms with Gasteiger partial charge >= 0.3 is 5.97 Å². The number of hydrogen-bond donors (Lipinski definition) is 1. The quantitative estimate of drug-likeness (QED) is 0.847. The van der Waals surface area contributed by atoms with Crippen molar-refractivity contribution in [1.29, 1.82) is 0 Å². The lowest BCUT2D eigenvalue weighted by atomic mass is 10.0. The first-order chi connectivity index (χ1) is 7.47. The summed E-state index contributed by atoms with van der Waals surface area (Å²) < 4.78 is 18.1. The maximum atomic E-state index is 13.1. The molecule has 1 unspecified atom stereocenters. The smallest absolute Gasteiger partial charge is 0.325 e. The van der Waals surface area contributed by atoms with Crippen LogP contribution in [0.4, 0.5) is 4.39 Å². The molecule has 1 atom stereocenters. The van der Waals surface area contributed by atoms with Crippen molar-refractivity contribution in [2.75, 3.05) is 21.2 Å². The van der Waals surface area contributed by atoms with Crippen LogP contribution in [0, 0.1) is 5.82 Å². The molecule has 0 heterocycles. The first-order valence-electron chi connectivity index (χ1n) is 4.70. The monoisotopic (exact) mass is 227 g/mol. The van der Waals surface area contributed by atoms with Crippen molar-refractivity contribution in [3.8, 4) is 5.75 Å². The lowest BCUT2D eigenvalue weighted by Crippen LogP contribution is -2.27. The summed E-state index contributed by atoms with van der Waals surface area (Å²) in [5.74, 6) is -1.17. The number of likely N-dealkylation sites (N-methyl/N-ethyl adjacent to an activating group) is 1. The van der Waals surface area contributed by atoms with Gasteiger partial charge < -0.3 is 9.84 Å². The largest absolute Gasteiger partial charge is 0.496 e. The molecule has 0 amide bonds. The van der Waals surface area contributed by atoms with Crippen molar-refractivity contribution in [3.63, 3.8) is 0 Å². The predicted molar refractivity (Wildman–Crippen MR) is 57.0 cm³/mol. The molecular weight excluding hydrogens is 213 g/mol. The summed E-state index contributed by atoms with van der Waals surface area (Å²) in [6, 6.07) is 2.91. The molecule has 0 saturated heterocycles. The number of ether oxygens (including phenoxy) is 1. The zero-order valence-electron chi connectivity index (χ0n) is 9.40. The summed E-state index contributed by atoms with van der Waals surface area (Å²) in [7, 11) is 4.65. The van der Waals surface area contributed by atoms with Gasteiger partial charge in [-0.25, -0.2) is 4.39 Å². The average Bonchev–Trinajstić information content (AvgIpc) is 2.17. The average molecular weight is 227 g/mol. The van der Waals surface area contributed by atoms with E-state index in [0.29, 0.717) is 11.3 Å². The minimum atomic E-state index is -1.05. The number of hydrogen-bond acceptors (Lipinski definition) is 3. The van der Waals surface area contributed by atoms with Crippen LogP contribution in [-0.4, -0.2) is 37.2 Å². The number of carboxylic acids is 1. The second-order valence-corrected chi connectivity index (χ2v) is 3.59. The minimum Gasteiger partial charge on any atom is -0.496 e. The number of methoxy groups -OCH3 is 1. The number of carbonyl (C=O) groups is 1. The van der Waals surface area contributed by atoms with E-state index in [2.05, 4.69) is 0 Å². The van der Waals surface area contributed by atoms with E-state index < -0.39 is 17.8 Å². The van der Waals surface area contributed by atoms with Gasteiger partial charge in [-0.1, -0.05) is 0 Å². The highest BCUT2D eigenvalue weighted by atomic mass is 19.1. The maximum absolute atomic E-state index is 13.1. The van der Waals surface area contributed by atoms with E-state index >= 15 is 0 Å². The van der Waals surface area contributed by atoms with E-state index in [-0.39, 0.29) is 0 Å². The summed E-state index contributed by atoms with van der Waals surface area (Å²) in [6.45, 7) is 0. The van der Waals surface area contributed by atoms with Crippen molar-refractivity contribution in [1.82, 2.24) is 4.90 Å². The Balaban J connectivity index is 3.26. The van der Waals surface area contributed by atoms with Gasteiger partial charge in [-0.2, -0.15) is 0 Å². The van der Waals surface area contributed by atoms with Gasteiger partial charge in [0.25, 0.3) is 0 Å². The molecule has 0 aromatic heterocycles. The molecule has 1 rings (SSSR count). The van der Waals surface area contributed by atoms with E-state index in [0.717, 1.165) is 0 Å². The molecule has 1 aromatic carbocycles. The fourth-order valence-corrected chi connectivity index (χ4v) is 1.55. The number of rotatable bonds is 4. The third-order valence-electron chi connectivity index (χ3n) is 2.24. The Morgan fingerprint density at radius 3 is 2.56 bits per heavy atom. The highest BCUT2D eigenvalue weighted by Crippen LogP contribution is 2.28. The molecule has 4 nitrogen and oxygen atoms in total. The molecule has 0 aliphatic rings. The normalized spacial score (nSPS) is 12.6. The third-order valence-corrected chi connectivity index (χ3v) is 2.24. The van der Waals surface area contributed by atoms with Gasteiger partial charge in [-0.3, -0.25) is 9.69 Å². The summed E-state index contributed by atoms with van der Waals surface area (Å²) in [5.41, 5.74) is 0.306. The lowest BCUT2D eigenvalue weighted by Gasteiger charge is -2.22. The van der Waals surface area contributed by atoms with Gasteiger partial charge in [0.2, 0.25) is 0 Å². The topological polar surface area (TPSA) is 49.8 Å². The fourth-order valence-electron chi connectivity index (χ4n) is 1.55. The van der Waals surface area contributed by atoms with E-state index in [1.54, 1.807) is 14.1 Å². The van der Waals surface area contributed by atoms with Crippen LogP contribution in [0.15, 0.2) is 18.2 Å². The van der Waals surface area contributed by atoms with Crippen molar-refractivity contribution in [2.45, 2.75) is 6.04 Å². The number of halogens is 1. The Hall–Kier alpha value is -1.62. The van der Waals surface area contributed by atoms with Crippen LogP contribution in [0.2, 0.25) is 0 Å². The first-order valence-corrected chi connectivity index (χ1v) is 4.70. The molecular formula is C11H14FNO3. The SMILES string of the molecule is COc1ccc(F)cc1C(C(=O)O)N(C)C. The molecule has 88 valence electrons. The molecule has 5 heteroatoms. The molecule has 1 N–H and O–H groups in total. The molecule has 16 heavy (non-hydrogen) atoms. The highest BCUT2D eigenvalue weighted by Gasteiger charge is 2.25. The summed E-state index contributed by atoms with van der Waals surface area (Å²) in [6.07, 6.45) is 0. The number of aliphatic carboxylic acids is 1. The van der Waals surface area contributed by atoms with Crippen LogP contribution in [0.1, 0.15) is 11.6 Å². The van der Waals surface area contributed by atoms with Crippen LogP contribution in [0.5, 0.6) is 5.75 Å². The van der Waals surface area contributed by atoms with E-state index in [1.165, 1.54) is 30.2 Å². The summed E-state index contributed by atoms with van der Waals surface area (Å²) >= 11 is 0. The molecule has 0 aliphatic heterocycles. The lowest BCUT2D eigenvalue weighted by molar-refractivity contribution is -0.142. The molecule has 0 bridgehead atoms. The van der Waals surface area contributed by atoms with Crippen LogP contribution in [0.25, 0.3) is 0 Å². The highest BCUT2D eigenvalue weighted by molar-refractivity contribution is 5.76. The standard InChI is InChI=1S/C11H14FNO3/c1-13(2)10(11(14)15)8-6-7(12)4-5-9(8)16-3/h4-6,10H,1-3H3,(H,14,15). The van der Waals surface area contributed by atoms with Crippen LogP contribution < -0.4 is 4.74 Å². The van der Waals surface area contributed by atoms with Gasteiger partial charge in [0.1, 0.15) is 17.6 Å². The van der Waals surface area contributed by atoms with Crippen molar-refractivity contribution in [2.24, 2.45) is 0 Å². The molecule has 0 saturated carbocycles. The van der Waals surface area contributed by atoms with Crippen molar-refractivity contribution < 1.29 is 19.0 Å². The van der Waals surface area contributed by atoms with Crippen LogP contribution in [-0.2, 0) is 4.79 Å². The first kappa shape index (κ1) is 12.4. The zero-order valence-corrected chi connectivity index (χ0v) is 9.40. The second-order valence-electron chi connectivity index (χ2n) is 3.59. The fraction of sp³-hybridized carbons (Fsp3) is 0.364. The second kappa shape index (κ2) is 4.94. The summed E-state index contributed by atoms with van der Waals surface area (Å²) in [4.78, 5) is 12.6. The van der Waals surface area contributed by atoms with E-state index in [4.69, 9.17) is 9.84 Å². The summed E-state index contributed by atoms with van der Waals surface area (Å²) in [5, 5.41) is 9.09. The zero-order chi connectivity index (χ0) is 12.3. The van der Waals surface area contributed by atoms with Crippen molar-refractivity contribution >= 4 is 5.97 Å². The third kappa shape index (κ3) is 2.49. The van der Waals surface area contributed by atoms with Gasteiger partial charge in [-0.15, -0.1) is 0 Å². The van der Waals surface area contributed by atoms with Gasteiger partial charge in [0.15, 0.2) is 0 Å². The van der Waals surface area contributed by atoms with Crippen LogP contribution in [0.3, 0.4) is 0 Å². The number of carboxylic acid groups (broad SMARTS) is 1. The molecule has 0 fully saturated rings. The minimum absolute atomic E-state index is 0.306. The molecule has 0 aliphatic carbocycles. The van der Waals surface area contributed by atoms with Crippen molar-refractivity contribution in [3.05, 3.63) is 29.6 Å². The predicted octanol–water partition coefficient (Wildman–Crippen LogP) is 1.52. The number of benzene rings is 1. The number of nitrogens with zero attached hydrogens (tertiary/aromatic N) is 1. The van der Waals surface area contributed by atoms with E-state index in [9.17, 15) is 9.18 Å². The Morgan fingerprint density at radius 2 is 2.12 bits per heavy atom. The maximum Gasteiger partial charge on any atom is 0.325 e. The Bertz CT molecular complexity index is 393. The van der Waals surface area contributed by atoms with Gasteiger partial charge in [-0.05, 0) is 32.3 Å². The van der Waals surface area contributed by atoms with Gasteiger partial charge in [0, 0.05) is 5.56 Å². The van der Waals surface area contributed by atoms with E-state index in [1.807, 2.05) is 0 Å². The molecule has 1 aromatic rings. The van der Waals surface area contributed by atoms with Crippen LogP contribution >= 0.6 is 0 Å². The Kier molecular flexibility index (Phi) is 3.84.